The molecule has 0 bridgehead atoms. The first-order valence-electron chi connectivity index (χ1n) is 6.78. The number of carbonyl (C=O) groups is 2. The molecule has 1 saturated carbocycles. The summed E-state index contributed by atoms with van der Waals surface area (Å²) in [5.41, 5.74) is 0.0405. The lowest BCUT2D eigenvalue weighted by atomic mass is 9.68. The van der Waals surface area contributed by atoms with Gasteiger partial charge in [-0.15, -0.1) is 0 Å². The van der Waals surface area contributed by atoms with Crippen molar-refractivity contribution in [3.63, 3.8) is 0 Å². The van der Waals surface area contributed by atoms with Crippen LogP contribution in [0.2, 0.25) is 0 Å². The molecule has 18 heavy (non-hydrogen) atoms. The zero-order chi connectivity index (χ0) is 13.8. The molecular formula is C14H25NO3. The third-order valence-corrected chi connectivity index (χ3v) is 4.05. The maximum atomic E-state index is 12.5. The van der Waals surface area contributed by atoms with Crippen molar-refractivity contribution < 1.29 is 14.3 Å². The number of ether oxygens (including phenoxy) is 1. The van der Waals surface area contributed by atoms with Crippen molar-refractivity contribution >= 4 is 11.9 Å². The second-order valence-corrected chi connectivity index (χ2v) is 5.72. The molecule has 0 saturated heterocycles. The van der Waals surface area contributed by atoms with E-state index in [2.05, 4.69) is 18.6 Å². The van der Waals surface area contributed by atoms with Crippen molar-refractivity contribution in [3.05, 3.63) is 0 Å². The minimum atomic E-state index is -0.348. The van der Waals surface area contributed by atoms with E-state index in [1.807, 2.05) is 6.92 Å². The van der Waals surface area contributed by atoms with Gasteiger partial charge in [-0.2, -0.15) is 0 Å². The van der Waals surface area contributed by atoms with Crippen molar-refractivity contribution in [2.24, 2.45) is 11.3 Å². The van der Waals surface area contributed by atoms with Gasteiger partial charge in [0, 0.05) is 12.5 Å². The SMILES string of the molecule is CCN(CC(=O)OC)C(=O)C1CCCCC1(C)C. The molecule has 0 aromatic heterocycles. The second-order valence-electron chi connectivity index (χ2n) is 5.72. The molecule has 1 rings (SSSR count). The van der Waals surface area contributed by atoms with Gasteiger partial charge in [-0.1, -0.05) is 26.7 Å². The van der Waals surface area contributed by atoms with Crippen molar-refractivity contribution in [1.82, 2.24) is 4.90 Å². The first kappa shape index (κ1) is 15.0. The van der Waals surface area contributed by atoms with Crippen LogP contribution in [0.3, 0.4) is 0 Å². The van der Waals surface area contributed by atoms with Crippen LogP contribution in [-0.4, -0.2) is 37.0 Å². The molecule has 1 amide bonds. The molecule has 4 nitrogen and oxygen atoms in total. The number of methoxy groups -OCH3 is 1. The fourth-order valence-electron chi connectivity index (χ4n) is 2.74. The van der Waals surface area contributed by atoms with Crippen LogP contribution in [0.1, 0.15) is 46.5 Å². The van der Waals surface area contributed by atoms with Crippen molar-refractivity contribution in [3.8, 4) is 0 Å². The van der Waals surface area contributed by atoms with Gasteiger partial charge in [0.1, 0.15) is 6.54 Å². The number of likely N-dealkylation sites (N-methyl/N-ethyl adjacent to an activating group) is 1. The van der Waals surface area contributed by atoms with E-state index in [0.717, 1.165) is 19.3 Å². The normalized spacial score (nSPS) is 22.3. The van der Waals surface area contributed by atoms with Gasteiger partial charge in [0.05, 0.1) is 7.11 Å². The van der Waals surface area contributed by atoms with E-state index in [9.17, 15) is 9.59 Å². The van der Waals surface area contributed by atoms with E-state index in [4.69, 9.17) is 0 Å². The number of hydrogen-bond donors (Lipinski definition) is 0. The summed E-state index contributed by atoms with van der Waals surface area (Å²) < 4.78 is 4.64. The zero-order valence-electron chi connectivity index (χ0n) is 12.0. The average Bonchev–Trinajstić information content (AvgIpc) is 2.34. The molecule has 0 aliphatic heterocycles. The Hall–Kier alpha value is -1.06. The summed E-state index contributed by atoms with van der Waals surface area (Å²) in [5.74, 6) is -0.206. The fraction of sp³-hybridized carbons (Fsp3) is 0.857. The molecule has 1 atom stereocenters. The van der Waals surface area contributed by atoms with Crippen LogP contribution >= 0.6 is 0 Å². The number of carbonyl (C=O) groups excluding carboxylic acids is 2. The maximum Gasteiger partial charge on any atom is 0.325 e. The van der Waals surface area contributed by atoms with E-state index in [0.29, 0.717) is 6.54 Å². The monoisotopic (exact) mass is 255 g/mol. The van der Waals surface area contributed by atoms with Crippen LogP contribution in [-0.2, 0) is 14.3 Å². The molecule has 104 valence electrons. The highest BCUT2D eigenvalue weighted by Gasteiger charge is 2.39. The minimum absolute atomic E-state index is 0.0378. The van der Waals surface area contributed by atoms with Gasteiger partial charge in [0.15, 0.2) is 0 Å². The summed E-state index contributed by atoms with van der Waals surface area (Å²) in [4.78, 5) is 25.4. The standard InChI is InChI=1S/C14H25NO3/c1-5-15(10-12(16)18-4)13(17)11-8-6-7-9-14(11,2)3/h11H,5-10H2,1-4H3. The Morgan fingerprint density at radius 2 is 2.00 bits per heavy atom. The molecule has 0 radical (unpaired) electrons. The molecule has 1 unspecified atom stereocenters. The third-order valence-electron chi connectivity index (χ3n) is 4.05. The predicted octanol–water partition coefficient (Wildman–Crippen LogP) is 2.22. The van der Waals surface area contributed by atoms with Crippen molar-refractivity contribution in [2.45, 2.75) is 46.5 Å². The molecule has 0 heterocycles. The first-order valence-corrected chi connectivity index (χ1v) is 6.78. The van der Waals surface area contributed by atoms with Crippen molar-refractivity contribution in [2.75, 3.05) is 20.2 Å². The summed E-state index contributed by atoms with van der Waals surface area (Å²) in [6.45, 7) is 6.83. The van der Waals surface area contributed by atoms with E-state index < -0.39 is 0 Å². The van der Waals surface area contributed by atoms with Gasteiger partial charge in [-0.25, -0.2) is 0 Å². The summed E-state index contributed by atoms with van der Waals surface area (Å²) in [5, 5.41) is 0. The summed E-state index contributed by atoms with van der Waals surface area (Å²) in [7, 11) is 1.35. The van der Waals surface area contributed by atoms with Crippen LogP contribution in [0.15, 0.2) is 0 Å². The lowest BCUT2D eigenvalue weighted by Gasteiger charge is -2.39. The van der Waals surface area contributed by atoms with Gasteiger partial charge in [0.2, 0.25) is 5.91 Å². The second kappa shape index (κ2) is 6.21. The third kappa shape index (κ3) is 3.47. The highest BCUT2D eigenvalue weighted by molar-refractivity contribution is 5.84. The molecular weight excluding hydrogens is 230 g/mol. The largest absolute Gasteiger partial charge is 0.468 e. The number of esters is 1. The fourth-order valence-corrected chi connectivity index (χ4v) is 2.74. The average molecular weight is 255 g/mol. The van der Waals surface area contributed by atoms with Gasteiger partial charge < -0.3 is 9.64 Å². The van der Waals surface area contributed by atoms with Crippen LogP contribution in [0.4, 0.5) is 0 Å². The quantitative estimate of drug-likeness (QED) is 0.724. The molecule has 0 spiro atoms. The molecule has 1 aliphatic rings. The van der Waals surface area contributed by atoms with Gasteiger partial charge in [-0.05, 0) is 25.2 Å². The van der Waals surface area contributed by atoms with E-state index >= 15 is 0 Å². The Morgan fingerprint density at radius 1 is 1.33 bits per heavy atom. The molecule has 0 N–H and O–H groups in total. The smallest absolute Gasteiger partial charge is 0.325 e. The predicted molar refractivity (Wildman–Crippen MR) is 70.0 cm³/mol. The summed E-state index contributed by atoms with van der Waals surface area (Å²) in [6.07, 6.45) is 4.32. The molecule has 4 heteroatoms. The minimum Gasteiger partial charge on any atom is -0.468 e. The molecule has 0 aromatic rings. The molecule has 1 fully saturated rings. The van der Waals surface area contributed by atoms with Gasteiger partial charge >= 0.3 is 5.97 Å². The Balaban J connectivity index is 2.73. The summed E-state index contributed by atoms with van der Waals surface area (Å²) in [6, 6.07) is 0. The Kier molecular flexibility index (Phi) is 5.17. The summed E-state index contributed by atoms with van der Waals surface area (Å²) >= 11 is 0. The van der Waals surface area contributed by atoms with Crippen LogP contribution in [0, 0.1) is 11.3 Å². The Morgan fingerprint density at radius 3 is 2.50 bits per heavy atom. The van der Waals surface area contributed by atoms with E-state index in [1.165, 1.54) is 13.5 Å². The lowest BCUT2D eigenvalue weighted by Crippen LogP contribution is -2.45. The lowest BCUT2D eigenvalue weighted by molar-refractivity contribution is -0.151. The van der Waals surface area contributed by atoms with Crippen molar-refractivity contribution in [1.29, 1.82) is 0 Å². The zero-order valence-corrected chi connectivity index (χ0v) is 12.0. The topological polar surface area (TPSA) is 46.6 Å². The van der Waals surface area contributed by atoms with Gasteiger partial charge in [-0.3, -0.25) is 9.59 Å². The molecule has 0 aromatic carbocycles. The number of hydrogen-bond acceptors (Lipinski definition) is 3. The maximum absolute atomic E-state index is 12.5. The number of rotatable bonds is 4. The van der Waals surface area contributed by atoms with Crippen LogP contribution in [0.5, 0.6) is 0 Å². The van der Waals surface area contributed by atoms with E-state index in [1.54, 1.807) is 4.90 Å². The Labute approximate surface area is 110 Å². The van der Waals surface area contributed by atoms with Crippen LogP contribution < -0.4 is 0 Å². The first-order chi connectivity index (χ1) is 8.42. The van der Waals surface area contributed by atoms with Crippen LogP contribution in [0.25, 0.3) is 0 Å². The van der Waals surface area contributed by atoms with E-state index in [-0.39, 0.29) is 29.8 Å². The molecule has 1 aliphatic carbocycles. The Bertz CT molecular complexity index is 312. The number of amides is 1. The highest BCUT2D eigenvalue weighted by atomic mass is 16.5. The number of nitrogens with zero attached hydrogens (tertiary/aromatic N) is 1. The van der Waals surface area contributed by atoms with Gasteiger partial charge in [0.25, 0.3) is 0 Å². The highest BCUT2D eigenvalue weighted by Crippen LogP contribution is 2.41.